The third-order valence-electron chi connectivity index (χ3n) is 4.18. The molecule has 5 N–H and O–H groups in total. The molecular weight excluding hydrogens is 328 g/mol. The van der Waals surface area contributed by atoms with Crippen LogP contribution in [0.2, 0.25) is 0 Å². The average Bonchev–Trinajstić information content (AvgIpc) is 3.17. The van der Waals surface area contributed by atoms with Crippen molar-refractivity contribution in [2.75, 3.05) is 32.1 Å². The van der Waals surface area contributed by atoms with E-state index in [1.54, 1.807) is 10.9 Å². The van der Waals surface area contributed by atoms with E-state index in [-0.39, 0.29) is 6.10 Å². The molecule has 1 saturated heterocycles. The molecule has 1 unspecified atom stereocenters. The highest BCUT2D eigenvalue weighted by Crippen LogP contribution is 2.35. The number of hydrogen-bond donors (Lipinski definition) is 3. The fourth-order valence-corrected chi connectivity index (χ4v) is 2.94. The third kappa shape index (κ3) is 3.58. The smallest absolute Gasteiger partial charge is 0.167 e. The third-order valence-corrected chi connectivity index (χ3v) is 4.18. The Bertz CT molecular complexity index is 696. The van der Waals surface area contributed by atoms with Crippen molar-refractivity contribution >= 4 is 17.0 Å². The zero-order valence-electron chi connectivity index (χ0n) is 14.1. The van der Waals surface area contributed by atoms with Gasteiger partial charge < -0.3 is 30.8 Å². The number of aliphatic hydroxyl groups excluding tert-OH is 1. The lowest BCUT2D eigenvalue weighted by molar-refractivity contribution is -0.0791. The van der Waals surface area contributed by atoms with Crippen molar-refractivity contribution in [3.63, 3.8) is 0 Å². The lowest BCUT2D eigenvalue weighted by Gasteiger charge is -2.22. The van der Waals surface area contributed by atoms with Gasteiger partial charge in [0.15, 0.2) is 17.7 Å². The molecule has 0 saturated carbocycles. The van der Waals surface area contributed by atoms with Crippen LogP contribution in [0, 0.1) is 0 Å². The van der Waals surface area contributed by atoms with Crippen molar-refractivity contribution in [3.8, 4) is 0 Å². The second-order valence-electron chi connectivity index (χ2n) is 5.78. The number of nitrogens with zero attached hydrogens (tertiary/aromatic N) is 4. The maximum Gasteiger partial charge on any atom is 0.167 e. The predicted octanol–water partition coefficient (Wildman–Crippen LogP) is -0.563. The van der Waals surface area contributed by atoms with Gasteiger partial charge in [0.05, 0.1) is 32.3 Å². The Labute approximate surface area is 145 Å². The Kier molecular flexibility index (Phi) is 5.76. The van der Waals surface area contributed by atoms with Gasteiger partial charge in [-0.1, -0.05) is 6.92 Å². The summed E-state index contributed by atoms with van der Waals surface area (Å²) in [5.74, 6) is 0.294. The largest absolute Gasteiger partial charge is 0.388 e. The molecule has 0 spiro atoms. The molecule has 0 bridgehead atoms. The number of anilines is 1. The van der Waals surface area contributed by atoms with Crippen molar-refractivity contribution in [1.82, 2.24) is 19.5 Å². The number of fused-ring (bicyclic) bond motifs is 1. The molecule has 25 heavy (non-hydrogen) atoms. The van der Waals surface area contributed by atoms with Crippen LogP contribution in [-0.2, 0) is 14.2 Å². The number of ether oxygens (including phenoxy) is 3. The topological polar surface area (TPSA) is 144 Å². The Morgan fingerprint density at radius 1 is 1.28 bits per heavy atom. The monoisotopic (exact) mass is 352 g/mol. The molecule has 3 rings (SSSR count). The van der Waals surface area contributed by atoms with Crippen LogP contribution in [0.5, 0.6) is 0 Å². The first-order chi connectivity index (χ1) is 12.2. The first kappa shape index (κ1) is 18.0. The van der Waals surface area contributed by atoms with E-state index in [0.29, 0.717) is 49.8 Å². The minimum atomic E-state index is -0.763. The SMILES string of the molecule is CC[C@H]1O[C@@H](n2cnc3c(N)ncnc32)[C@@H](OCCOCCN)C1O. The first-order valence-corrected chi connectivity index (χ1v) is 8.33. The summed E-state index contributed by atoms with van der Waals surface area (Å²) in [6.07, 6.45) is 1.37. The second kappa shape index (κ2) is 8.02. The van der Waals surface area contributed by atoms with Crippen molar-refractivity contribution in [2.45, 2.75) is 37.9 Å². The summed E-state index contributed by atoms with van der Waals surface area (Å²) in [5, 5.41) is 10.5. The number of hydrogen-bond acceptors (Lipinski definition) is 9. The van der Waals surface area contributed by atoms with E-state index in [1.807, 2.05) is 6.92 Å². The molecule has 3 heterocycles. The van der Waals surface area contributed by atoms with Gasteiger partial charge >= 0.3 is 0 Å². The fourth-order valence-electron chi connectivity index (χ4n) is 2.94. The van der Waals surface area contributed by atoms with E-state index < -0.39 is 18.4 Å². The fraction of sp³-hybridized carbons (Fsp3) is 0.667. The van der Waals surface area contributed by atoms with Crippen LogP contribution < -0.4 is 11.5 Å². The van der Waals surface area contributed by atoms with E-state index in [0.717, 1.165) is 0 Å². The molecule has 10 heteroatoms. The standard InChI is InChI=1S/C15H24N6O4/c1-2-9-11(22)12(24-6-5-23-4-3-16)15(25-9)21-8-20-10-13(17)18-7-19-14(10)21/h7-9,11-12,15,22H,2-6,16H2,1H3,(H2,17,18,19)/t9-,11?,12+,15-/m1/s1. The summed E-state index contributed by atoms with van der Waals surface area (Å²) in [6.45, 7) is 3.59. The summed E-state index contributed by atoms with van der Waals surface area (Å²) in [7, 11) is 0. The minimum absolute atomic E-state index is 0.294. The van der Waals surface area contributed by atoms with Gasteiger partial charge in [0.2, 0.25) is 0 Å². The van der Waals surface area contributed by atoms with Crippen LogP contribution in [0.3, 0.4) is 0 Å². The maximum absolute atomic E-state index is 10.5. The highest BCUT2D eigenvalue weighted by Gasteiger charge is 2.45. The van der Waals surface area contributed by atoms with Crippen molar-refractivity contribution in [1.29, 1.82) is 0 Å². The molecule has 0 amide bonds. The van der Waals surface area contributed by atoms with Crippen LogP contribution in [-0.4, -0.2) is 69.3 Å². The van der Waals surface area contributed by atoms with E-state index >= 15 is 0 Å². The molecule has 0 radical (unpaired) electrons. The van der Waals surface area contributed by atoms with Gasteiger partial charge in [-0.05, 0) is 6.42 Å². The van der Waals surface area contributed by atoms with Crippen LogP contribution in [0.25, 0.3) is 11.2 Å². The van der Waals surface area contributed by atoms with Crippen LogP contribution >= 0.6 is 0 Å². The Hall–Kier alpha value is -1.85. The molecule has 2 aromatic rings. The van der Waals surface area contributed by atoms with Gasteiger partial charge in [0.1, 0.15) is 24.1 Å². The normalized spacial score (nSPS) is 26.5. The number of imidazole rings is 1. The Morgan fingerprint density at radius 2 is 2.12 bits per heavy atom. The molecule has 1 aliphatic rings. The summed E-state index contributed by atoms with van der Waals surface area (Å²) < 4.78 is 18.9. The quantitative estimate of drug-likeness (QED) is 0.532. The molecular formula is C15H24N6O4. The molecule has 1 fully saturated rings. The summed E-state index contributed by atoms with van der Waals surface area (Å²) in [4.78, 5) is 12.4. The molecule has 4 atom stereocenters. The van der Waals surface area contributed by atoms with Gasteiger partial charge in [-0.3, -0.25) is 4.57 Å². The molecule has 0 aliphatic carbocycles. The van der Waals surface area contributed by atoms with Gasteiger partial charge in [0, 0.05) is 6.54 Å². The van der Waals surface area contributed by atoms with E-state index in [2.05, 4.69) is 15.0 Å². The zero-order valence-corrected chi connectivity index (χ0v) is 14.1. The molecule has 2 aromatic heterocycles. The van der Waals surface area contributed by atoms with Gasteiger partial charge in [-0.25, -0.2) is 15.0 Å². The number of aliphatic hydroxyl groups is 1. The summed E-state index contributed by atoms with van der Waals surface area (Å²) in [5.41, 5.74) is 12.2. The Balaban J connectivity index is 1.79. The first-order valence-electron chi connectivity index (χ1n) is 8.33. The Morgan fingerprint density at radius 3 is 2.88 bits per heavy atom. The molecule has 1 aliphatic heterocycles. The van der Waals surface area contributed by atoms with Crippen LogP contribution in [0.4, 0.5) is 5.82 Å². The number of nitrogen functional groups attached to an aromatic ring is 1. The van der Waals surface area contributed by atoms with Crippen molar-refractivity contribution in [2.24, 2.45) is 5.73 Å². The van der Waals surface area contributed by atoms with Crippen molar-refractivity contribution < 1.29 is 19.3 Å². The average molecular weight is 352 g/mol. The van der Waals surface area contributed by atoms with E-state index in [9.17, 15) is 5.11 Å². The summed E-state index contributed by atoms with van der Waals surface area (Å²) >= 11 is 0. The maximum atomic E-state index is 10.5. The van der Waals surface area contributed by atoms with Crippen LogP contribution in [0.15, 0.2) is 12.7 Å². The highest BCUT2D eigenvalue weighted by molar-refractivity contribution is 5.81. The summed E-state index contributed by atoms with van der Waals surface area (Å²) in [6, 6.07) is 0. The van der Waals surface area contributed by atoms with Crippen molar-refractivity contribution in [3.05, 3.63) is 12.7 Å². The zero-order chi connectivity index (χ0) is 17.8. The van der Waals surface area contributed by atoms with Gasteiger partial charge in [-0.15, -0.1) is 0 Å². The second-order valence-corrected chi connectivity index (χ2v) is 5.78. The van der Waals surface area contributed by atoms with E-state index in [1.165, 1.54) is 6.33 Å². The lowest BCUT2D eigenvalue weighted by atomic mass is 10.1. The van der Waals surface area contributed by atoms with E-state index in [4.69, 9.17) is 25.7 Å². The van der Waals surface area contributed by atoms with Crippen LogP contribution in [0.1, 0.15) is 19.6 Å². The van der Waals surface area contributed by atoms with Gasteiger partial charge in [0.25, 0.3) is 0 Å². The molecule has 138 valence electrons. The minimum Gasteiger partial charge on any atom is -0.388 e. The highest BCUT2D eigenvalue weighted by atomic mass is 16.6. The molecule has 10 nitrogen and oxygen atoms in total. The molecule has 0 aromatic carbocycles. The number of rotatable bonds is 8. The number of aromatic nitrogens is 4. The lowest BCUT2D eigenvalue weighted by Crippen LogP contribution is -2.35. The van der Waals surface area contributed by atoms with Gasteiger partial charge in [-0.2, -0.15) is 0 Å². The number of nitrogens with two attached hydrogens (primary N) is 2. The predicted molar refractivity (Wildman–Crippen MR) is 89.6 cm³/mol.